The molecule has 0 saturated carbocycles. The fourth-order valence-electron chi connectivity index (χ4n) is 1.22. The van der Waals surface area contributed by atoms with Crippen molar-refractivity contribution in [3.63, 3.8) is 0 Å². The van der Waals surface area contributed by atoms with Crippen LogP contribution in [0, 0.1) is 18.6 Å². The van der Waals surface area contributed by atoms with Crippen molar-refractivity contribution in [2.24, 2.45) is 0 Å². The van der Waals surface area contributed by atoms with E-state index >= 15 is 0 Å². The molecule has 0 fully saturated rings. The first-order chi connectivity index (χ1) is 6.57. The molecule has 0 amide bonds. The zero-order valence-electron chi connectivity index (χ0n) is 8.14. The summed E-state index contributed by atoms with van der Waals surface area (Å²) in [6.07, 6.45) is -1.02. The summed E-state index contributed by atoms with van der Waals surface area (Å²) in [7, 11) is 1.63. The second kappa shape index (κ2) is 4.48. The standard InChI is InChI=1S/C10H13F2NO/c1-6-3-4-7(8(14)5-13-2)10(12)9(6)11/h3-4,8,13-14H,5H2,1-2H3. The van der Waals surface area contributed by atoms with Crippen LogP contribution in [0.5, 0.6) is 0 Å². The molecule has 0 aliphatic heterocycles. The predicted molar refractivity (Wildman–Crippen MR) is 50.0 cm³/mol. The summed E-state index contributed by atoms with van der Waals surface area (Å²) >= 11 is 0. The van der Waals surface area contributed by atoms with E-state index in [-0.39, 0.29) is 17.7 Å². The Bertz CT molecular complexity index is 328. The van der Waals surface area contributed by atoms with Crippen LogP contribution < -0.4 is 5.32 Å². The van der Waals surface area contributed by atoms with Gasteiger partial charge in [-0.2, -0.15) is 0 Å². The number of likely N-dealkylation sites (N-methyl/N-ethyl adjacent to an activating group) is 1. The van der Waals surface area contributed by atoms with Gasteiger partial charge in [0.1, 0.15) is 0 Å². The van der Waals surface area contributed by atoms with Crippen molar-refractivity contribution in [1.29, 1.82) is 0 Å². The second-order valence-corrected chi connectivity index (χ2v) is 3.17. The lowest BCUT2D eigenvalue weighted by atomic mass is 10.1. The van der Waals surface area contributed by atoms with Gasteiger partial charge in [-0.1, -0.05) is 12.1 Å². The Morgan fingerprint density at radius 3 is 2.57 bits per heavy atom. The molecule has 1 unspecified atom stereocenters. The van der Waals surface area contributed by atoms with Gasteiger partial charge < -0.3 is 10.4 Å². The monoisotopic (exact) mass is 201 g/mol. The molecule has 2 nitrogen and oxygen atoms in total. The smallest absolute Gasteiger partial charge is 0.164 e. The largest absolute Gasteiger partial charge is 0.387 e. The van der Waals surface area contributed by atoms with Crippen LogP contribution in [0.25, 0.3) is 0 Å². The van der Waals surface area contributed by atoms with Gasteiger partial charge in [0.2, 0.25) is 0 Å². The van der Waals surface area contributed by atoms with Gasteiger partial charge in [0.05, 0.1) is 6.10 Å². The molecule has 1 rings (SSSR count). The van der Waals surface area contributed by atoms with Crippen molar-refractivity contribution in [2.75, 3.05) is 13.6 Å². The summed E-state index contributed by atoms with van der Waals surface area (Å²) < 4.78 is 26.4. The van der Waals surface area contributed by atoms with Crippen molar-refractivity contribution in [3.8, 4) is 0 Å². The van der Waals surface area contributed by atoms with Crippen molar-refractivity contribution in [3.05, 3.63) is 34.9 Å². The number of hydrogen-bond acceptors (Lipinski definition) is 2. The Balaban J connectivity index is 3.04. The molecule has 0 saturated heterocycles. The minimum atomic E-state index is -1.02. The molecular formula is C10H13F2NO. The van der Waals surface area contributed by atoms with Crippen LogP contribution in [-0.4, -0.2) is 18.7 Å². The minimum Gasteiger partial charge on any atom is -0.387 e. The molecule has 0 spiro atoms. The highest BCUT2D eigenvalue weighted by atomic mass is 19.2. The van der Waals surface area contributed by atoms with Crippen molar-refractivity contribution >= 4 is 0 Å². The number of rotatable bonds is 3. The molecule has 2 N–H and O–H groups in total. The van der Waals surface area contributed by atoms with Gasteiger partial charge >= 0.3 is 0 Å². The van der Waals surface area contributed by atoms with Crippen LogP contribution in [0.15, 0.2) is 12.1 Å². The van der Waals surface area contributed by atoms with Gasteiger partial charge in [0.15, 0.2) is 11.6 Å². The summed E-state index contributed by atoms with van der Waals surface area (Å²) in [6.45, 7) is 1.67. The third kappa shape index (κ3) is 2.08. The van der Waals surface area contributed by atoms with E-state index in [1.165, 1.54) is 19.1 Å². The highest BCUT2D eigenvalue weighted by Crippen LogP contribution is 2.21. The zero-order valence-corrected chi connectivity index (χ0v) is 8.14. The Hall–Kier alpha value is -1.00. The fraction of sp³-hybridized carbons (Fsp3) is 0.400. The number of aryl methyl sites for hydroxylation is 1. The van der Waals surface area contributed by atoms with Gasteiger partial charge in [0.25, 0.3) is 0 Å². The Morgan fingerprint density at radius 1 is 1.36 bits per heavy atom. The molecule has 4 heteroatoms. The normalized spacial score (nSPS) is 12.9. The molecule has 78 valence electrons. The van der Waals surface area contributed by atoms with E-state index in [0.29, 0.717) is 0 Å². The fourth-order valence-corrected chi connectivity index (χ4v) is 1.22. The van der Waals surface area contributed by atoms with Crippen molar-refractivity contribution < 1.29 is 13.9 Å². The lowest BCUT2D eigenvalue weighted by molar-refractivity contribution is 0.171. The third-order valence-electron chi connectivity index (χ3n) is 2.06. The van der Waals surface area contributed by atoms with Crippen LogP contribution in [0.3, 0.4) is 0 Å². The van der Waals surface area contributed by atoms with Crippen LogP contribution in [0.2, 0.25) is 0 Å². The average Bonchev–Trinajstić information content (AvgIpc) is 2.15. The molecule has 1 aromatic carbocycles. The van der Waals surface area contributed by atoms with E-state index < -0.39 is 17.7 Å². The number of halogens is 2. The summed E-state index contributed by atoms with van der Waals surface area (Å²) in [5, 5.41) is 12.1. The van der Waals surface area contributed by atoms with Gasteiger partial charge in [0, 0.05) is 12.1 Å². The topological polar surface area (TPSA) is 32.3 Å². The molecular weight excluding hydrogens is 188 g/mol. The Labute approximate surface area is 81.6 Å². The summed E-state index contributed by atoms with van der Waals surface area (Å²) in [4.78, 5) is 0. The predicted octanol–water partition coefficient (Wildman–Crippen LogP) is 1.53. The van der Waals surface area contributed by atoms with Crippen LogP contribution in [0.1, 0.15) is 17.2 Å². The molecule has 0 aromatic heterocycles. The Morgan fingerprint density at radius 2 is 2.00 bits per heavy atom. The van der Waals surface area contributed by atoms with Crippen LogP contribution in [0.4, 0.5) is 8.78 Å². The molecule has 0 heterocycles. The first kappa shape index (κ1) is 11.1. The maximum absolute atomic E-state index is 13.3. The number of aliphatic hydroxyl groups is 1. The molecule has 0 bridgehead atoms. The van der Waals surface area contributed by atoms with E-state index in [9.17, 15) is 13.9 Å². The highest BCUT2D eigenvalue weighted by molar-refractivity contribution is 5.27. The number of hydrogen-bond donors (Lipinski definition) is 2. The van der Waals surface area contributed by atoms with Crippen LogP contribution >= 0.6 is 0 Å². The van der Waals surface area contributed by atoms with Gasteiger partial charge in [-0.25, -0.2) is 8.78 Å². The van der Waals surface area contributed by atoms with E-state index in [1.54, 1.807) is 7.05 Å². The molecule has 1 aromatic rings. The van der Waals surface area contributed by atoms with Gasteiger partial charge in [-0.05, 0) is 19.5 Å². The van der Waals surface area contributed by atoms with Crippen molar-refractivity contribution in [1.82, 2.24) is 5.32 Å². The highest BCUT2D eigenvalue weighted by Gasteiger charge is 2.16. The van der Waals surface area contributed by atoms with Gasteiger partial charge in [-0.15, -0.1) is 0 Å². The lowest BCUT2D eigenvalue weighted by Crippen LogP contribution is -2.18. The summed E-state index contributed by atoms with van der Waals surface area (Å²) in [5.41, 5.74) is 0.227. The summed E-state index contributed by atoms with van der Waals surface area (Å²) in [5.74, 6) is -1.86. The average molecular weight is 201 g/mol. The van der Waals surface area contributed by atoms with E-state index in [1.807, 2.05) is 0 Å². The summed E-state index contributed by atoms with van der Waals surface area (Å²) in [6, 6.07) is 2.85. The van der Waals surface area contributed by atoms with E-state index in [0.717, 1.165) is 0 Å². The first-order valence-corrected chi connectivity index (χ1v) is 4.35. The van der Waals surface area contributed by atoms with Crippen LogP contribution in [-0.2, 0) is 0 Å². The van der Waals surface area contributed by atoms with Crippen molar-refractivity contribution in [2.45, 2.75) is 13.0 Å². The number of benzene rings is 1. The number of aliphatic hydroxyl groups excluding tert-OH is 1. The molecule has 1 atom stereocenters. The Kier molecular flexibility index (Phi) is 3.55. The zero-order chi connectivity index (χ0) is 10.7. The SMILES string of the molecule is CNCC(O)c1ccc(C)c(F)c1F. The molecule has 14 heavy (non-hydrogen) atoms. The maximum atomic E-state index is 13.3. The maximum Gasteiger partial charge on any atom is 0.164 e. The third-order valence-corrected chi connectivity index (χ3v) is 2.06. The lowest BCUT2D eigenvalue weighted by Gasteiger charge is -2.12. The van der Waals surface area contributed by atoms with E-state index in [4.69, 9.17) is 0 Å². The molecule has 0 aliphatic rings. The molecule has 0 radical (unpaired) electrons. The van der Waals surface area contributed by atoms with E-state index in [2.05, 4.69) is 5.32 Å². The van der Waals surface area contributed by atoms with Gasteiger partial charge in [-0.3, -0.25) is 0 Å². The first-order valence-electron chi connectivity index (χ1n) is 4.35. The quantitative estimate of drug-likeness (QED) is 0.777. The number of nitrogens with one attached hydrogen (secondary N) is 1. The second-order valence-electron chi connectivity index (χ2n) is 3.17. The molecule has 0 aliphatic carbocycles. The minimum absolute atomic E-state index is 0.0116.